The topological polar surface area (TPSA) is 288 Å². The summed E-state index contributed by atoms with van der Waals surface area (Å²) in [4.78, 5) is 84.5. The van der Waals surface area contributed by atoms with E-state index in [1.54, 1.807) is 35.7 Å². The minimum absolute atomic E-state index is 0.00141. The SMILES string of the molecule is Cc1ncsc1-c1ccc([C@@H](C)NC(=O)[C@H]2C[C@H](O)CN2C(=O)[C@H](NC(=O)CCOCCOCCOCCOCCNC(=O)CCC(=O)Nc2cccc(Sc3ncc(N4CCC(C)(N)CC4)nc3N)c2Cl)C(C)(C)C)cc1. The van der Waals surface area contributed by atoms with Gasteiger partial charge in [0.05, 0.1) is 98.0 Å². The predicted molar refractivity (Wildman–Crippen MR) is 301 cm³/mol. The van der Waals surface area contributed by atoms with E-state index < -0.39 is 29.5 Å². The van der Waals surface area contributed by atoms with Crippen LogP contribution in [0.1, 0.15) is 90.4 Å². The van der Waals surface area contributed by atoms with Gasteiger partial charge in [-0.25, -0.2) is 15.0 Å². The van der Waals surface area contributed by atoms with Gasteiger partial charge in [-0.2, -0.15) is 0 Å². The highest BCUT2D eigenvalue weighted by molar-refractivity contribution is 7.99. The maximum Gasteiger partial charge on any atom is 0.246 e. The second-order valence-corrected chi connectivity index (χ2v) is 23.0. The van der Waals surface area contributed by atoms with Gasteiger partial charge in [0, 0.05) is 62.3 Å². The first-order valence-electron chi connectivity index (χ1n) is 26.3. The van der Waals surface area contributed by atoms with Crippen LogP contribution in [0.3, 0.4) is 0 Å². The Balaban J connectivity index is 0.768. The third-order valence-corrected chi connectivity index (χ3v) is 15.8. The summed E-state index contributed by atoms with van der Waals surface area (Å²) in [6.45, 7) is 15.3. The van der Waals surface area contributed by atoms with Gasteiger partial charge in [-0.05, 0) is 62.3 Å². The maximum absolute atomic E-state index is 14.0. The summed E-state index contributed by atoms with van der Waals surface area (Å²) in [5.74, 6) is -0.903. The largest absolute Gasteiger partial charge is 0.391 e. The smallest absolute Gasteiger partial charge is 0.246 e. The number of halogens is 1. The zero-order chi connectivity index (χ0) is 56.4. The van der Waals surface area contributed by atoms with Gasteiger partial charge in [-0.15, -0.1) is 11.3 Å². The average molecular weight is 1140 g/mol. The molecule has 4 heterocycles. The highest BCUT2D eigenvalue weighted by Gasteiger charge is 2.44. The number of anilines is 3. The van der Waals surface area contributed by atoms with Crippen LogP contribution in [0, 0.1) is 12.3 Å². The number of aromatic nitrogens is 3. The molecule has 4 atom stereocenters. The molecular weight excluding hydrogens is 1060 g/mol. The molecule has 0 unspecified atom stereocenters. The van der Waals surface area contributed by atoms with E-state index >= 15 is 0 Å². The molecule has 24 heteroatoms. The van der Waals surface area contributed by atoms with E-state index in [1.807, 2.05) is 64.4 Å². The Morgan fingerprint density at radius 2 is 1.53 bits per heavy atom. The van der Waals surface area contributed by atoms with Crippen molar-refractivity contribution >= 4 is 81.6 Å². The van der Waals surface area contributed by atoms with Crippen LogP contribution < -0.4 is 37.6 Å². The van der Waals surface area contributed by atoms with Crippen molar-refractivity contribution in [1.29, 1.82) is 0 Å². The van der Waals surface area contributed by atoms with Gasteiger partial charge in [-0.1, -0.05) is 74.5 Å². The van der Waals surface area contributed by atoms with E-state index in [0.29, 0.717) is 52.9 Å². The summed E-state index contributed by atoms with van der Waals surface area (Å²) in [5.41, 5.74) is 16.8. The Kier molecular flexibility index (Phi) is 23.4. The number of carbonyl (C=O) groups is 5. The number of aliphatic hydroxyl groups is 1. The van der Waals surface area contributed by atoms with Crippen LogP contribution in [0.4, 0.5) is 17.3 Å². The van der Waals surface area contributed by atoms with Gasteiger partial charge in [0.2, 0.25) is 29.5 Å². The standard InChI is InChI=1S/C54H76ClN11O10S2/c1-34(36-10-12-37(13-11-36)47-35(2)60-33-77-47)61-50(71)40-30-38(67)32-66(40)52(72)48(53(3,4)5)64-45(70)16-22-73-24-26-75-28-29-76-27-25-74-23-19-58-43(68)14-15-44(69)62-39-8-7-9-41(46(39)55)78-51-49(56)63-42(31-59-51)65-20-17-54(6,57)18-21-65/h7-13,31,33-34,38,40,48,67H,14-30,32,57H2,1-6H3,(H2,56,63)(H,58,68)(H,61,71)(H,62,69)(H,64,70)/t34-,38+,40-,48+/m1/s1. The summed E-state index contributed by atoms with van der Waals surface area (Å²) in [6.07, 6.45) is 2.50. The number of thiazole rings is 1. The number of ether oxygens (including phenoxy) is 4. The van der Waals surface area contributed by atoms with Crippen molar-refractivity contribution in [2.75, 3.05) is 95.0 Å². The fourth-order valence-corrected chi connectivity index (χ4v) is 10.5. The van der Waals surface area contributed by atoms with Crippen LogP contribution >= 0.6 is 34.7 Å². The minimum Gasteiger partial charge on any atom is -0.391 e. The molecular formula is C54H76ClN11O10S2. The van der Waals surface area contributed by atoms with Crippen molar-refractivity contribution in [1.82, 2.24) is 35.8 Å². The molecule has 0 radical (unpaired) electrons. The zero-order valence-electron chi connectivity index (χ0n) is 45.4. The highest BCUT2D eigenvalue weighted by atomic mass is 35.5. The number of nitrogen functional groups attached to an aromatic ring is 1. The third-order valence-electron chi connectivity index (χ3n) is 13.2. The number of piperidine rings is 1. The monoisotopic (exact) mass is 1140 g/mol. The quantitative estimate of drug-likeness (QED) is 0.0356. The number of rotatable bonds is 28. The molecule has 2 saturated heterocycles. The Morgan fingerprint density at radius 3 is 2.15 bits per heavy atom. The summed E-state index contributed by atoms with van der Waals surface area (Å²) in [5, 5.41) is 22.8. The molecule has 9 N–H and O–H groups in total. The number of nitrogens with one attached hydrogen (secondary N) is 4. The molecule has 0 bridgehead atoms. The number of nitrogens with two attached hydrogens (primary N) is 2. The zero-order valence-corrected chi connectivity index (χ0v) is 47.8. The second-order valence-electron chi connectivity index (χ2n) is 20.8. The van der Waals surface area contributed by atoms with Crippen molar-refractivity contribution in [3.63, 3.8) is 0 Å². The van der Waals surface area contributed by atoms with E-state index in [0.717, 1.165) is 47.6 Å². The summed E-state index contributed by atoms with van der Waals surface area (Å²) < 4.78 is 22.2. The molecule has 6 rings (SSSR count). The first kappa shape index (κ1) is 61.7. The van der Waals surface area contributed by atoms with Crippen molar-refractivity contribution in [3.8, 4) is 10.4 Å². The normalized spacial score (nSPS) is 17.1. The molecule has 0 saturated carbocycles. The first-order valence-corrected chi connectivity index (χ1v) is 28.4. The lowest BCUT2D eigenvalue weighted by atomic mass is 9.85. The van der Waals surface area contributed by atoms with Gasteiger partial charge >= 0.3 is 0 Å². The van der Waals surface area contributed by atoms with Crippen LogP contribution in [-0.2, 0) is 42.9 Å². The van der Waals surface area contributed by atoms with Crippen LogP contribution in [0.25, 0.3) is 10.4 Å². The lowest BCUT2D eigenvalue weighted by Gasteiger charge is -2.37. The van der Waals surface area contributed by atoms with Crippen LogP contribution in [0.5, 0.6) is 0 Å². The number of benzene rings is 2. The van der Waals surface area contributed by atoms with Crippen LogP contribution in [-0.4, -0.2) is 157 Å². The first-order chi connectivity index (χ1) is 37.2. The molecule has 21 nitrogen and oxygen atoms in total. The Morgan fingerprint density at radius 1 is 0.885 bits per heavy atom. The molecule has 2 aliphatic heterocycles. The number of likely N-dealkylation sites (tertiary alicyclic amines) is 1. The number of amides is 5. The maximum atomic E-state index is 14.0. The fraction of sp³-hybridized carbons (Fsp3) is 0.556. The molecule has 2 aromatic carbocycles. The van der Waals surface area contributed by atoms with Gasteiger partial charge in [-0.3, -0.25) is 24.0 Å². The molecule has 5 amide bonds. The number of aliphatic hydroxyl groups excluding tert-OH is 1. The number of β-amino-alcohol motifs (C(OH)–C–C–N with tert-alkyl or cyclic N) is 1. The lowest BCUT2D eigenvalue weighted by molar-refractivity contribution is -0.144. The third kappa shape index (κ3) is 18.8. The minimum atomic E-state index is -0.954. The van der Waals surface area contributed by atoms with Gasteiger partial charge in [0.1, 0.15) is 22.9 Å². The number of nitrogens with zero attached hydrogens (tertiary/aromatic N) is 5. The average Bonchev–Trinajstić information content (AvgIpc) is 4.04. The van der Waals surface area contributed by atoms with Crippen LogP contribution in [0.15, 0.2) is 64.1 Å². The van der Waals surface area contributed by atoms with E-state index in [9.17, 15) is 29.1 Å². The summed E-state index contributed by atoms with van der Waals surface area (Å²) >= 11 is 9.48. The number of hydrogen-bond donors (Lipinski definition) is 7. The molecule has 0 spiro atoms. The Labute approximate surface area is 470 Å². The van der Waals surface area contributed by atoms with E-state index in [-0.39, 0.29) is 106 Å². The van der Waals surface area contributed by atoms with E-state index in [2.05, 4.69) is 48.0 Å². The van der Waals surface area contributed by atoms with Gasteiger partial charge in [0.15, 0.2) is 5.82 Å². The van der Waals surface area contributed by atoms with Crippen LogP contribution in [0.2, 0.25) is 5.02 Å². The Hall–Kier alpha value is -5.50. The van der Waals surface area contributed by atoms with Crippen molar-refractivity contribution < 1.29 is 48.0 Å². The highest BCUT2D eigenvalue weighted by Crippen LogP contribution is 2.39. The number of aryl methyl sites for hydroxylation is 1. The van der Waals surface area contributed by atoms with Crippen molar-refractivity contribution in [3.05, 3.63) is 70.5 Å². The fourth-order valence-electron chi connectivity index (χ4n) is 8.62. The van der Waals surface area contributed by atoms with Crippen molar-refractivity contribution in [2.24, 2.45) is 11.1 Å². The van der Waals surface area contributed by atoms with E-state index in [1.165, 1.54) is 16.7 Å². The van der Waals surface area contributed by atoms with Crippen molar-refractivity contribution in [2.45, 2.75) is 120 Å². The molecule has 4 aromatic rings. The lowest BCUT2D eigenvalue weighted by Crippen LogP contribution is -2.58. The Bertz CT molecular complexity index is 2630. The second kappa shape index (κ2) is 29.6. The molecule has 2 aliphatic rings. The number of hydrogen-bond acceptors (Lipinski definition) is 18. The molecule has 78 heavy (non-hydrogen) atoms. The van der Waals surface area contributed by atoms with Gasteiger partial charge < -0.3 is 66.6 Å². The molecule has 426 valence electrons. The molecule has 0 aliphatic carbocycles. The summed E-state index contributed by atoms with van der Waals surface area (Å²) in [6, 6.07) is 10.9. The van der Waals surface area contributed by atoms with E-state index in [4.69, 9.17) is 42.0 Å². The molecule has 2 fully saturated rings. The molecule has 2 aromatic heterocycles. The predicted octanol–water partition coefficient (Wildman–Crippen LogP) is 5.27. The summed E-state index contributed by atoms with van der Waals surface area (Å²) in [7, 11) is 0. The number of carbonyl (C=O) groups excluding carboxylic acids is 5. The van der Waals surface area contributed by atoms with Gasteiger partial charge in [0.25, 0.3) is 0 Å².